The fourth-order valence-electron chi connectivity index (χ4n) is 2.82. The van der Waals surface area contributed by atoms with Gasteiger partial charge in [0.15, 0.2) is 0 Å². The lowest BCUT2D eigenvalue weighted by molar-refractivity contribution is 0.306. The van der Waals surface area contributed by atoms with Gasteiger partial charge in [0.05, 0.1) is 11.4 Å². The van der Waals surface area contributed by atoms with Crippen LogP contribution in [-0.2, 0) is 5.88 Å². The third-order valence-electron chi connectivity index (χ3n) is 4.37. The first-order chi connectivity index (χ1) is 15.6. The Balaban J connectivity index is 1.47. The van der Waals surface area contributed by atoms with Gasteiger partial charge in [-0.2, -0.15) is 10.4 Å². The van der Waals surface area contributed by atoms with Gasteiger partial charge in [-0.3, -0.25) is 0 Å². The highest BCUT2D eigenvalue weighted by atomic mass is 35.5. The van der Waals surface area contributed by atoms with Crippen molar-refractivity contribution in [2.24, 2.45) is 0 Å². The second-order valence-corrected chi connectivity index (χ2v) is 8.36. The summed E-state index contributed by atoms with van der Waals surface area (Å²) in [6.07, 6.45) is 6.56. The maximum absolute atomic E-state index is 9.47. The van der Waals surface area contributed by atoms with Gasteiger partial charge in [-0.05, 0) is 42.8 Å². The van der Waals surface area contributed by atoms with E-state index in [2.05, 4.69) is 31.4 Å². The molecule has 0 spiro atoms. The molecule has 2 heterocycles. The average molecular weight is 464 g/mol. The maximum atomic E-state index is 9.47. The standard InChI is InChI=1S/C22H18ClN7OS/c1-15(32-14-30-13-25-12-28-30)31-21-7-16(5-6-17(21)9-24)18-10-26-22(27-11-18)29-20-4-2-3-19(23)8-20/h2-8,10-13,15H,14H2,1H3,(H,26,27,29)/t15-/m1/s1. The zero-order chi connectivity index (χ0) is 22.3. The van der Waals surface area contributed by atoms with Crippen LogP contribution in [0.2, 0.25) is 5.02 Å². The van der Waals surface area contributed by atoms with Crippen molar-refractivity contribution in [3.8, 4) is 22.9 Å². The second-order valence-electron chi connectivity index (χ2n) is 6.67. The van der Waals surface area contributed by atoms with Crippen molar-refractivity contribution in [1.82, 2.24) is 24.7 Å². The molecule has 10 heteroatoms. The summed E-state index contributed by atoms with van der Waals surface area (Å²) < 4.78 is 7.73. The lowest BCUT2D eigenvalue weighted by Crippen LogP contribution is -2.10. The fourth-order valence-corrected chi connectivity index (χ4v) is 3.68. The SMILES string of the molecule is C[C@H](Oc1cc(-c2cnc(Nc3cccc(Cl)c3)nc2)ccc1C#N)SCn1cncn1. The molecule has 2 aromatic heterocycles. The molecular weight excluding hydrogens is 446 g/mol. The van der Waals surface area contributed by atoms with Gasteiger partial charge >= 0.3 is 0 Å². The molecule has 4 aromatic rings. The van der Waals surface area contributed by atoms with Crippen LogP contribution in [0.5, 0.6) is 5.75 Å². The van der Waals surface area contributed by atoms with Crippen LogP contribution in [0.4, 0.5) is 11.6 Å². The third-order valence-corrected chi connectivity index (χ3v) is 5.58. The summed E-state index contributed by atoms with van der Waals surface area (Å²) in [5.74, 6) is 1.56. The molecule has 4 rings (SSSR count). The lowest BCUT2D eigenvalue weighted by atomic mass is 10.1. The number of nitrogens with one attached hydrogen (secondary N) is 1. The second kappa shape index (κ2) is 10.1. The van der Waals surface area contributed by atoms with E-state index in [1.54, 1.807) is 53.4 Å². The van der Waals surface area contributed by atoms with Gasteiger partial charge in [-0.1, -0.05) is 35.5 Å². The van der Waals surface area contributed by atoms with Gasteiger partial charge in [0, 0.05) is 28.7 Å². The molecule has 0 radical (unpaired) electrons. The van der Waals surface area contributed by atoms with Crippen molar-refractivity contribution in [1.29, 1.82) is 5.26 Å². The van der Waals surface area contributed by atoms with E-state index < -0.39 is 0 Å². The van der Waals surface area contributed by atoms with Crippen LogP contribution in [0.25, 0.3) is 11.1 Å². The van der Waals surface area contributed by atoms with Crippen LogP contribution < -0.4 is 10.1 Å². The Kier molecular flexibility index (Phi) is 6.84. The van der Waals surface area contributed by atoms with E-state index in [1.165, 1.54) is 6.33 Å². The van der Waals surface area contributed by atoms with Gasteiger partial charge in [0.25, 0.3) is 0 Å². The van der Waals surface area contributed by atoms with E-state index in [4.69, 9.17) is 16.3 Å². The number of halogens is 1. The van der Waals surface area contributed by atoms with Gasteiger partial charge in [0.1, 0.15) is 29.9 Å². The number of rotatable bonds is 8. The molecule has 0 fully saturated rings. The number of hydrogen-bond acceptors (Lipinski definition) is 8. The quantitative estimate of drug-likeness (QED) is 0.359. The molecule has 1 atom stereocenters. The lowest BCUT2D eigenvalue weighted by Gasteiger charge is -2.16. The van der Waals surface area contributed by atoms with Crippen LogP contribution in [0.3, 0.4) is 0 Å². The van der Waals surface area contributed by atoms with E-state index in [0.717, 1.165) is 16.8 Å². The Labute approximate surface area is 194 Å². The van der Waals surface area contributed by atoms with Gasteiger partial charge in [-0.25, -0.2) is 19.6 Å². The molecule has 0 bridgehead atoms. The average Bonchev–Trinajstić information content (AvgIpc) is 3.32. The Morgan fingerprint density at radius 1 is 1.19 bits per heavy atom. The van der Waals surface area contributed by atoms with Crippen molar-refractivity contribution < 1.29 is 4.74 Å². The van der Waals surface area contributed by atoms with Crippen molar-refractivity contribution in [3.05, 3.63) is 78.1 Å². The van der Waals surface area contributed by atoms with Crippen molar-refractivity contribution in [2.45, 2.75) is 18.2 Å². The molecule has 0 aliphatic heterocycles. The molecule has 0 amide bonds. The van der Waals surface area contributed by atoms with Crippen LogP contribution in [0.1, 0.15) is 12.5 Å². The van der Waals surface area contributed by atoms with Crippen molar-refractivity contribution >= 4 is 35.0 Å². The summed E-state index contributed by atoms with van der Waals surface area (Å²) in [5, 5.41) is 17.3. The molecule has 1 N–H and O–H groups in total. The normalized spacial score (nSPS) is 11.5. The molecule has 0 saturated heterocycles. The van der Waals surface area contributed by atoms with E-state index in [1.807, 2.05) is 31.2 Å². The number of ether oxygens (including phenoxy) is 1. The summed E-state index contributed by atoms with van der Waals surface area (Å²) in [7, 11) is 0. The van der Waals surface area contributed by atoms with E-state index in [9.17, 15) is 5.26 Å². The number of benzene rings is 2. The van der Waals surface area contributed by atoms with Crippen molar-refractivity contribution in [3.63, 3.8) is 0 Å². The largest absolute Gasteiger partial charge is 0.479 e. The Morgan fingerprint density at radius 2 is 2.03 bits per heavy atom. The molecule has 0 unspecified atom stereocenters. The number of thioether (sulfide) groups is 1. The van der Waals surface area contributed by atoms with Gasteiger partial charge in [-0.15, -0.1) is 0 Å². The first-order valence-electron chi connectivity index (χ1n) is 9.60. The highest BCUT2D eigenvalue weighted by Crippen LogP contribution is 2.29. The Hall–Kier alpha value is -3.61. The molecule has 2 aromatic carbocycles. The molecule has 32 heavy (non-hydrogen) atoms. The monoisotopic (exact) mass is 463 g/mol. The fraction of sp³-hybridized carbons (Fsp3) is 0.136. The molecule has 0 aliphatic rings. The topological polar surface area (TPSA) is 102 Å². The minimum Gasteiger partial charge on any atom is -0.479 e. The smallest absolute Gasteiger partial charge is 0.227 e. The van der Waals surface area contributed by atoms with Gasteiger partial charge < -0.3 is 10.1 Å². The number of aromatic nitrogens is 5. The predicted molar refractivity (Wildman–Crippen MR) is 125 cm³/mol. The van der Waals surface area contributed by atoms with Gasteiger partial charge in [0.2, 0.25) is 5.95 Å². The maximum Gasteiger partial charge on any atom is 0.227 e. The van der Waals surface area contributed by atoms with Crippen LogP contribution in [-0.4, -0.2) is 30.2 Å². The van der Waals surface area contributed by atoms with E-state index >= 15 is 0 Å². The summed E-state index contributed by atoms with van der Waals surface area (Å²) in [4.78, 5) is 12.7. The third kappa shape index (κ3) is 5.55. The van der Waals surface area contributed by atoms with E-state index in [-0.39, 0.29) is 5.44 Å². The highest BCUT2D eigenvalue weighted by Gasteiger charge is 2.12. The minimum atomic E-state index is -0.193. The molecule has 0 saturated carbocycles. The van der Waals surface area contributed by atoms with Crippen LogP contribution in [0.15, 0.2) is 67.5 Å². The molecule has 8 nitrogen and oxygen atoms in total. The minimum absolute atomic E-state index is 0.193. The summed E-state index contributed by atoms with van der Waals surface area (Å²) in [5.41, 5.74) is 2.72. The summed E-state index contributed by atoms with van der Waals surface area (Å²) in [6.45, 7) is 1.93. The highest BCUT2D eigenvalue weighted by molar-refractivity contribution is 7.98. The summed E-state index contributed by atoms with van der Waals surface area (Å²) in [6, 6.07) is 14.9. The zero-order valence-corrected chi connectivity index (χ0v) is 18.6. The first kappa shape index (κ1) is 21.6. The first-order valence-corrected chi connectivity index (χ1v) is 11.0. The zero-order valence-electron chi connectivity index (χ0n) is 17.0. The molecular formula is C22H18ClN7OS. The Morgan fingerprint density at radius 3 is 2.75 bits per heavy atom. The van der Waals surface area contributed by atoms with Crippen LogP contribution in [0, 0.1) is 11.3 Å². The molecule has 0 aliphatic carbocycles. The predicted octanol–water partition coefficient (Wildman–Crippen LogP) is 5.12. The number of hydrogen-bond donors (Lipinski definition) is 1. The summed E-state index contributed by atoms with van der Waals surface area (Å²) >= 11 is 7.55. The number of nitrogens with zero attached hydrogens (tertiary/aromatic N) is 6. The van der Waals surface area contributed by atoms with Crippen molar-refractivity contribution in [2.75, 3.05) is 5.32 Å². The number of nitriles is 1. The Bertz CT molecular complexity index is 1230. The number of anilines is 2. The van der Waals surface area contributed by atoms with E-state index in [0.29, 0.717) is 28.2 Å². The van der Waals surface area contributed by atoms with Crippen LogP contribution >= 0.6 is 23.4 Å². The molecule has 160 valence electrons.